The number of nitrogens with two attached hydrogens (primary N) is 1. The highest BCUT2D eigenvalue weighted by atomic mass is 16.6. The molecule has 0 bridgehead atoms. The van der Waals surface area contributed by atoms with Crippen molar-refractivity contribution in [3.63, 3.8) is 0 Å². The van der Waals surface area contributed by atoms with Crippen molar-refractivity contribution in [2.24, 2.45) is 0 Å². The maximum Gasteiger partial charge on any atom is 0.361 e. The summed E-state index contributed by atoms with van der Waals surface area (Å²) in [4.78, 5) is 34.4. The van der Waals surface area contributed by atoms with Crippen molar-refractivity contribution < 1.29 is 24.0 Å². The van der Waals surface area contributed by atoms with Crippen molar-refractivity contribution in [3.05, 3.63) is 45.8 Å². The van der Waals surface area contributed by atoms with Gasteiger partial charge in [0, 0.05) is 12.1 Å². The smallest absolute Gasteiger partial charge is 0.361 e. The van der Waals surface area contributed by atoms with E-state index in [4.69, 9.17) is 15.2 Å². The average molecular weight is 348 g/mol. The lowest BCUT2D eigenvalue weighted by molar-refractivity contribution is -0.384. The Morgan fingerprint density at radius 1 is 1.16 bits per heavy atom. The molecular formula is C15H16N4O6. The molecule has 0 unspecified atom stereocenters. The van der Waals surface area contributed by atoms with Crippen LogP contribution in [-0.2, 0) is 9.47 Å². The highest BCUT2D eigenvalue weighted by Gasteiger charge is 2.28. The molecule has 2 rings (SSSR count). The van der Waals surface area contributed by atoms with Crippen LogP contribution in [-0.4, -0.2) is 39.9 Å². The summed E-state index contributed by atoms with van der Waals surface area (Å²) in [5.74, 6) is -1.56. The first-order valence-electron chi connectivity index (χ1n) is 7.38. The maximum atomic E-state index is 12.2. The van der Waals surface area contributed by atoms with Crippen LogP contribution >= 0.6 is 0 Å². The molecule has 0 saturated heterocycles. The van der Waals surface area contributed by atoms with E-state index in [9.17, 15) is 19.7 Å². The van der Waals surface area contributed by atoms with Crippen LogP contribution in [0.4, 0.5) is 11.4 Å². The summed E-state index contributed by atoms with van der Waals surface area (Å²) in [6.07, 6.45) is 0. The van der Waals surface area contributed by atoms with E-state index in [1.807, 2.05) is 0 Å². The van der Waals surface area contributed by atoms with Crippen LogP contribution in [0.1, 0.15) is 34.8 Å². The van der Waals surface area contributed by atoms with Crippen LogP contribution in [0, 0.1) is 10.1 Å². The summed E-state index contributed by atoms with van der Waals surface area (Å²) in [5.41, 5.74) is 5.49. The fourth-order valence-electron chi connectivity index (χ4n) is 2.08. The Kier molecular flexibility index (Phi) is 5.32. The number of anilines is 1. The fourth-order valence-corrected chi connectivity index (χ4v) is 2.08. The second-order valence-electron chi connectivity index (χ2n) is 4.74. The van der Waals surface area contributed by atoms with Crippen LogP contribution in [0.2, 0.25) is 0 Å². The zero-order chi connectivity index (χ0) is 18.6. The monoisotopic (exact) mass is 348 g/mol. The number of carbonyl (C=O) groups is 2. The van der Waals surface area contributed by atoms with Crippen molar-refractivity contribution in [1.29, 1.82) is 0 Å². The second kappa shape index (κ2) is 7.43. The molecule has 1 aromatic carbocycles. The lowest BCUT2D eigenvalue weighted by Crippen LogP contribution is -2.13. The van der Waals surface area contributed by atoms with E-state index >= 15 is 0 Å². The van der Waals surface area contributed by atoms with Crippen molar-refractivity contribution in [2.45, 2.75) is 13.8 Å². The molecule has 0 aliphatic carbocycles. The molecule has 0 fully saturated rings. The maximum absolute atomic E-state index is 12.2. The molecule has 10 heteroatoms. The Balaban J connectivity index is 2.58. The molecule has 0 aliphatic rings. The minimum atomic E-state index is -0.786. The van der Waals surface area contributed by atoms with Gasteiger partial charge in [0.15, 0.2) is 11.4 Å². The van der Waals surface area contributed by atoms with Crippen LogP contribution in [0.25, 0.3) is 5.69 Å². The molecule has 0 amide bonds. The Morgan fingerprint density at radius 2 is 1.72 bits per heavy atom. The lowest BCUT2D eigenvalue weighted by Gasteiger charge is -2.07. The van der Waals surface area contributed by atoms with E-state index in [1.165, 1.54) is 24.3 Å². The number of nitrogen functional groups attached to an aromatic ring is 1. The molecule has 132 valence electrons. The predicted octanol–water partition coefficient (Wildman–Crippen LogP) is 1.72. The molecule has 2 N–H and O–H groups in total. The first-order chi connectivity index (χ1) is 11.9. The van der Waals surface area contributed by atoms with Crippen molar-refractivity contribution in [2.75, 3.05) is 18.9 Å². The molecule has 1 aromatic heterocycles. The van der Waals surface area contributed by atoms with Crippen molar-refractivity contribution >= 4 is 23.3 Å². The Hall–Kier alpha value is -3.43. The summed E-state index contributed by atoms with van der Waals surface area (Å²) in [5, 5.41) is 14.8. The number of ether oxygens (including phenoxy) is 2. The summed E-state index contributed by atoms with van der Waals surface area (Å²) >= 11 is 0. The molecule has 10 nitrogen and oxygen atoms in total. The number of hydrogen-bond donors (Lipinski definition) is 1. The number of nitrogens with zero attached hydrogens (tertiary/aromatic N) is 3. The highest BCUT2D eigenvalue weighted by molar-refractivity contribution is 6.02. The van der Waals surface area contributed by atoms with Gasteiger partial charge in [-0.2, -0.15) is 5.10 Å². The van der Waals surface area contributed by atoms with Crippen molar-refractivity contribution in [1.82, 2.24) is 9.78 Å². The van der Waals surface area contributed by atoms with E-state index in [0.29, 0.717) is 5.69 Å². The first kappa shape index (κ1) is 17.9. The zero-order valence-corrected chi connectivity index (χ0v) is 13.6. The van der Waals surface area contributed by atoms with Gasteiger partial charge in [0.1, 0.15) is 5.69 Å². The van der Waals surface area contributed by atoms with E-state index in [0.717, 1.165) is 4.68 Å². The van der Waals surface area contributed by atoms with Gasteiger partial charge in [0.25, 0.3) is 5.69 Å². The fraction of sp³-hybridized carbons (Fsp3) is 0.267. The van der Waals surface area contributed by atoms with Crippen LogP contribution in [0.15, 0.2) is 24.3 Å². The summed E-state index contributed by atoms with van der Waals surface area (Å²) < 4.78 is 10.9. The minimum Gasteiger partial charge on any atom is -0.461 e. The largest absolute Gasteiger partial charge is 0.461 e. The van der Waals surface area contributed by atoms with E-state index < -0.39 is 16.9 Å². The molecule has 0 aliphatic heterocycles. The molecular weight excluding hydrogens is 332 g/mol. The molecule has 2 aromatic rings. The number of hydrogen-bond acceptors (Lipinski definition) is 8. The minimum absolute atomic E-state index is 0.0957. The standard InChI is InChI=1S/C15H16N4O6/c1-3-24-14(20)12-11(16)13(15(21)25-4-2)18(17-12)9-5-7-10(8-6-9)19(22)23/h5-8H,3-4,16H2,1-2H3. The number of non-ortho nitro benzene ring substituents is 1. The topological polar surface area (TPSA) is 140 Å². The van der Waals surface area contributed by atoms with Gasteiger partial charge in [-0.3, -0.25) is 10.1 Å². The first-order valence-corrected chi connectivity index (χ1v) is 7.38. The molecule has 0 spiro atoms. The van der Waals surface area contributed by atoms with E-state index in [1.54, 1.807) is 13.8 Å². The summed E-state index contributed by atoms with van der Waals surface area (Å²) in [6, 6.07) is 5.24. The van der Waals surface area contributed by atoms with Gasteiger partial charge in [-0.05, 0) is 26.0 Å². The SMILES string of the molecule is CCOC(=O)c1nn(-c2ccc([N+](=O)[O-])cc2)c(C(=O)OCC)c1N. The number of nitro groups is 1. The number of nitro benzene ring substituents is 1. The van der Waals surface area contributed by atoms with Crippen LogP contribution in [0.5, 0.6) is 0 Å². The predicted molar refractivity (Wildman–Crippen MR) is 86.5 cm³/mol. The second-order valence-corrected chi connectivity index (χ2v) is 4.74. The Labute approximate surface area is 142 Å². The van der Waals surface area contributed by atoms with E-state index in [2.05, 4.69) is 5.10 Å². The van der Waals surface area contributed by atoms with Gasteiger partial charge < -0.3 is 15.2 Å². The van der Waals surface area contributed by atoms with Gasteiger partial charge in [0.2, 0.25) is 0 Å². The molecule has 0 saturated carbocycles. The zero-order valence-electron chi connectivity index (χ0n) is 13.6. The Bertz CT molecular complexity index is 812. The third kappa shape index (κ3) is 3.57. The van der Waals surface area contributed by atoms with E-state index in [-0.39, 0.29) is 36.0 Å². The average Bonchev–Trinajstić information content (AvgIpc) is 2.93. The number of aromatic nitrogens is 2. The van der Waals surface area contributed by atoms with Crippen LogP contribution < -0.4 is 5.73 Å². The quantitative estimate of drug-likeness (QED) is 0.473. The van der Waals surface area contributed by atoms with Gasteiger partial charge in [-0.15, -0.1) is 0 Å². The summed E-state index contributed by atoms with van der Waals surface area (Å²) in [6.45, 7) is 3.44. The number of rotatable bonds is 6. The third-order valence-electron chi connectivity index (χ3n) is 3.16. The van der Waals surface area contributed by atoms with Gasteiger partial charge in [0.05, 0.1) is 23.8 Å². The number of esters is 2. The van der Waals surface area contributed by atoms with Gasteiger partial charge in [-0.25, -0.2) is 14.3 Å². The lowest BCUT2D eigenvalue weighted by atomic mass is 10.2. The van der Waals surface area contributed by atoms with Crippen LogP contribution in [0.3, 0.4) is 0 Å². The van der Waals surface area contributed by atoms with Gasteiger partial charge in [-0.1, -0.05) is 0 Å². The number of benzene rings is 1. The summed E-state index contributed by atoms with van der Waals surface area (Å²) in [7, 11) is 0. The highest BCUT2D eigenvalue weighted by Crippen LogP contribution is 2.24. The Morgan fingerprint density at radius 3 is 2.24 bits per heavy atom. The number of carbonyl (C=O) groups excluding carboxylic acids is 2. The normalized spacial score (nSPS) is 10.3. The van der Waals surface area contributed by atoms with Gasteiger partial charge >= 0.3 is 11.9 Å². The molecule has 25 heavy (non-hydrogen) atoms. The molecule has 1 heterocycles. The van der Waals surface area contributed by atoms with Crippen molar-refractivity contribution in [3.8, 4) is 5.69 Å². The molecule has 0 radical (unpaired) electrons. The molecule has 0 atom stereocenters. The third-order valence-corrected chi connectivity index (χ3v) is 3.16.